The number of halogens is 11. The fourth-order valence-electron chi connectivity index (χ4n) is 7.62. The Kier molecular flexibility index (Phi) is 11.8. The van der Waals surface area contributed by atoms with Gasteiger partial charge in [-0.1, -0.05) is 57.9 Å². The number of non-ortho nitro benzene ring substituents is 1. The van der Waals surface area contributed by atoms with Crippen molar-refractivity contribution in [1.29, 1.82) is 0 Å². The van der Waals surface area contributed by atoms with Gasteiger partial charge in [0.1, 0.15) is 48.9 Å². The summed E-state index contributed by atoms with van der Waals surface area (Å²) in [6.45, 7) is 0.859. The van der Waals surface area contributed by atoms with E-state index >= 15 is 0 Å². The molecule has 6 aromatic rings. The Bertz CT molecular complexity index is 2490. The summed E-state index contributed by atoms with van der Waals surface area (Å²) in [5.74, 6) is 1.62. The molecule has 11 nitrogen and oxygen atoms in total. The lowest BCUT2D eigenvalue weighted by atomic mass is 10.1. The highest BCUT2D eigenvalue weighted by Crippen LogP contribution is 2.37. The monoisotopic (exact) mass is 867 g/mol. The van der Waals surface area contributed by atoms with Gasteiger partial charge in [-0.05, 0) is 58.7 Å². The third-order valence-corrected chi connectivity index (χ3v) is 10.0. The molecular weight excluding hydrogens is 837 g/mol. The van der Waals surface area contributed by atoms with E-state index in [4.69, 9.17) is 9.47 Å². The fourth-order valence-corrected chi connectivity index (χ4v) is 7.62. The number of nitrogens with zero attached hydrogens (tertiary/aromatic N) is 7. The number of hydrogen-bond acceptors (Lipinski definition) is 6. The lowest BCUT2D eigenvalue weighted by Gasteiger charge is -2.23. The van der Waals surface area contributed by atoms with Crippen LogP contribution in [0.3, 0.4) is 0 Å². The van der Waals surface area contributed by atoms with Crippen molar-refractivity contribution in [2.24, 2.45) is 0 Å². The van der Waals surface area contributed by atoms with E-state index in [2.05, 4.69) is 55.7 Å². The molecule has 61 heavy (non-hydrogen) atoms. The Balaban J connectivity index is 0.000000151. The van der Waals surface area contributed by atoms with Crippen molar-refractivity contribution in [2.45, 2.75) is 56.5 Å². The van der Waals surface area contributed by atoms with Gasteiger partial charge in [-0.25, -0.2) is 9.13 Å². The van der Waals surface area contributed by atoms with Crippen LogP contribution in [0.15, 0.2) is 110 Å². The predicted molar refractivity (Wildman–Crippen MR) is 193 cm³/mol. The molecule has 0 saturated carbocycles. The summed E-state index contributed by atoms with van der Waals surface area (Å²) < 4.78 is 136. The van der Waals surface area contributed by atoms with Crippen LogP contribution in [-0.2, 0) is 41.7 Å². The number of alkyl halides is 3. The largest absolute Gasteiger partial charge is 0.673 e. The first kappa shape index (κ1) is 42.9. The van der Waals surface area contributed by atoms with Crippen LogP contribution in [-0.4, -0.2) is 51.2 Å². The Morgan fingerprint density at radius 3 is 1.38 bits per heavy atom. The van der Waals surface area contributed by atoms with Crippen molar-refractivity contribution in [3.8, 4) is 11.4 Å². The molecule has 10 rings (SSSR count). The average Bonchev–Trinajstić information content (AvgIpc) is 3.98. The third-order valence-electron chi connectivity index (χ3n) is 10.0. The number of benzene rings is 4. The number of nitro groups is 1. The molecule has 0 N–H and O–H groups in total. The van der Waals surface area contributed by atoms with Crippen molar-refractivity contribution >= 4 is 20.2 Å². The molecule has 2 aliphatic carbocycles. The molecule has 320 valence electrons. The van der Waals surface area contributed by atoms with Crippen LogP contribution < -0.4 is 9.13 Å². The predicted octanol–water partition coefficient (Wildman–Crippen LogP) is 7.94. The van der Waals surface area contributed by atoms with Crippen molar-refractivity contribution in [3.63, 3.8) is 0 Å². The molecular formula is C37H30B2F11N7O4. The van der Waals surface area contributed by atoms with Gasteiger partial charge in [0.25, 0.3) is 5.69 Å². The van der Waals surface area contributed by atoms with Gasteiger partial charge in [0.05, 0.1) is 10.5 Å². The Morgan fingerprint density at radius 1 is 0.623 bits per heavy atom. The first-order valence-corrected chi connectivity index (χ1v) is 18.3. The number of rotatable bonds is 3. The van der Waals surface area contributed by atoms with E-state index in [0.29, 0.717) is 18.9 Å². The zero-order valence-corrected chi connectivity index (χ0v) is 31.1. The minimum absolute atomic E-state index is 0.0538. The van der Waals surface area contributed by atoms with Gasteiger partial charge in [-0.2, -0.15) is 13.2 Å². The second-order valence-corrected chi connectivity index (χ2v) is 14.0. The number of nitro benzene ring substituents is 1. The number of fused-ring (bicyclic) bond motifs is 10. The molecule has 4 aliphatic rings. The smallest absolute Gasteiger partial charge is 0.418 e. The minimum atomic E-state index is -6.00. The summed E-state index contributed by atoms with van der Waals surface area (Å²) in [4.78, 5) is 10.4. The number of aromatic nitrogens is 6. The zero-order valence-electron chi connectivity index (χ0n) is 31.1. The first-order chi connectivity index (χ1) is 28.7. The Labute approximate surface area is 337 Å². The van der Waals surface area contributed by atoms with Crippen LogP contribution in [0.25, 0.3) is 11.4 Å². The second kappa shape index (κ2) is 16.7. The maximum absolute atomic E-state index is 12.8. The molecule has 24 heteroatoms. The minimum Gasteiger partial charge on any atom is -0.418 e. The van der Waals surface area contributed by atoms with E-state index in [0.717, 1.165) is 42.3 Å². The summed E-state index contributed by atoms with van der Waals surface area (Å²) in [6, 6.07) is 28.2. The first-order valence-electron chi connectivity index (χ1n) is 18.3. The average molecular weight is 867 g/mol. The molecule has 4 aromatic carbocycles. The summed E-state index contributed by atoms with van der Waals surface area (Å²) in [6.07, 6.45) is 1.43. The quantitative estimate of drug-likeness (QED) is 0.0589. The van der Waals surface area contributed by atoms with Crippen LogP contribution >= 0.6 is 0 Å². The van der Waals surface area contributed by atoms with E-state index in [-0.39, 0.29) is 30.0 Å². The van der Waals surface area contributed by atoms with E-state index in [9.17, 15) is 57.8 Å². The zero-order chi connectivity index (χ0) is 43.9. The van der Waals surface area contributed by atoms with Crippen molar-refractivity contribution in [2.75, 3.05) is 0 Å². The molecule has 0 spiro atoms. The maximum atomic E-state index is 12.8. The van der Waals surface area contributed by atoms with E-state index < -0.39 is 31.2 Å². The lowest BCUT2D eigenvalue weighted by Crippen LogP contribution is -2.51. The highest BCUT2D eigenvalue weighted by Gasteiger charge is 2.45. The normalized spacial score (nSPS) is 19.5. The van der Waals surface area contributed by atoms with Gasteiger partial charge in [-0.3, -0.25) is 10.1 Å². The van der Waals surface area contributed by atoms with Gasteiger partial charge >= 0.3 is 32.3 Å². The molecule has 0 fully saturated rings. The number of hydrogen-bond donors (Lipinski definition) is 0. The molecule has 0 saturated heterocycles. The molecule has 0 amide bonds. The molecule has 0 bridgehead atoms. The van der Waals surface area contributed by atoms with E-state index in [1.165, 1.54) is 46.5 Å². The highest BCUT2D eigenvalue weighted by atomic mass is 19.5. The molecule has 0 radical (unpaired) electrons. The van der Waals surface area contributed by atoms with Gasteiger partial charge in [-0.15, -0.1) is 0 Å². The third kappa shape index (κ3) is 10.1. The molecule has 2 aromatic heterocycles. The van der Waals surface area contributed by atoms with Crippen molar-refractivity contribution < 1.29 is 71.2 Å². The van der Waals surface area contributed by atoms with Gasteiger partial charge in [0.2, 0.25) is 12.7 Å². The van der Waals surface area contributed by atoms with Crippen LogP contribution in [0.2, 0.25) is 0 Å². The number of ether oxygens (including phenoxy) is 2. The second-order valence-electron chi connectivity index (χ2n) is 14.0. The lowest BCUT2D eigenvalue weighted by molar-refractivity contribution is -0.739. The van der Waals surface area contributed by atoms with E-state index in [1.54, 1.807) is 21.5 Å². The van der Waals surface area contributed by atoms with Crippen LogP contribution in [0.5, 0.6) is 0 Å². The SMILES string of the molecule is FC(F)(F)c1ccc(-n2c[n+]3c(n2)CO[C@H]2Cc4ccccc4C23)cc1.F[B-](F)(F)F.F[B-](F)(F)F.O=[N+]([O-])c1ccc(-n2c[n+]3c(n2)CO[C@H]2Cc4ccccc4C23)cc1. The topological polar surface area (TPSA) is 105 Å². The molecule has 2 aliphatic heterocycles. The van der Waals surface area contributed by atoms with Gasteiger partial charge in [0.15, 0.2) is 0 Å². The summed E-state index contributed by atoms with van der Waals surface area (Å²) >= 11 is 0. The summed E-state index contributed by atoms with van der Waals surface area (Å²) in [7, 11) is -12.0. The summed E-state index contributed by atoms with van der Waals surface area (Å²) in [5.41, 5.74) is 5.86. The van der Waals surface area contributed by atoms with E-state index in [1.807, 2.05) is 24.8 Å². The van der Waals surface area contributed by atoms with Crippen LogP contribution in [0, 0.1) is 10.1 Å². The highest BCUT2D eigenvalue weighted by molar-refractivity contribution is 6.50. The Morgan fingerprint density at radius 2 is 1.00 bits per heavy atom. The standard InChI is InChI=1S/C19H15F3N3O.C18H15N4O3.2BF4/c20-19(21,22)13-5-7-14(8-6-13)25-11-24-17(23-25)10-26-16-9-12-3-1-2-4-15(12)18(16)24;23-22(24)14-7-5-13(6-8-14)21-11-20-17(19-21)10-25-16-9-12-3-1-2-4-15(12)18(16)20;2*2-1(3,4)5/h1-8,11,16,18H,9-10H2;1-8,11,16,18H,9-10H2;;/q2*+1;2*-1/t2*16-,18?;;/m00../s1. The van der Waals surface area contributed by atoms with Crippen LogP contribution in [0.4, 0.5) is 53.4 Å². The fraction of sp³-hybridized carbons (Fsp3) is 0.243. The van der Waals surface area contributed by atoms with Crippen LogP contribution in [0.1, 0.15) is 51.5 Å². The van der Waals surface area contributed by atoms with Gasteiger partial charge < -0.3 is 44.0 Å². The molecule has 4 heterocycles. The van der Waals surface area contributed by atoms with Crippen molar-refractivity contribution in [3.05, 3.63) is 159 Å². The molecule has 4 atom stereocenters. The maximum Gasteiger partial charge on any atom is 0.673 e. The molecule has 2 unspecified atom stereocenters. The van der Waals surface area contributed by atoms with Crippen molar-refractivity contribution in [1.82, 2.24) is 19.6 Å². The summed E-state index contributed by atoms with van der Waals surface area (Å²) in [5, 5.41) is 19.9. The van der Waals surface area contributed by atoms with Gasteiger partial charge in [0, 0.05) is 35.2 Å². The Hall–Kier alpha value is -6.16.